The molecule has 0 fully saturated rings. The molecule has 0 aromatic heterocycles. The number of aliphatic hydroxyl groups excluding tert-OH is 1. The van der Waals surface area contributed by atoms with Crippen molar-refractivity contribution in [1.82, 2.24) is 10.6 Å². The van der Waals surface area contributed by atoms with Gasteiger partial charge in [0.25, 0.3) is 0 Å². The second-order valence-electron chi connectivity index (χ2n) is 8.65. The van der Waals surface area contributed by atoms with Crippen molar-refractivity contribution >= 4 is 5.91 Å². The van der Waals surface area contributed by atoms with Crippen molar-refractivity contribution in [2.24, 2.45) is 11.7 Å². The van der Waals surface area contributed by atoms with Gasteiger partial charge in [0.15, 0.2) is 6.23 Å². The van der Waals surface area contributed by atoms with Crippen LogP contribution >= 0.6 is 0 Å². The Morgan fingerprint density at radius 3 is 2.35 bits per heavy atom. The Bertz CT molecular complexity index is 578. The zero-order chi connectivity index (χ0) is 22.9. The topological polar surface area (TPSA) is 96.6 Å². The van der Waals surface area contributed by atoms with E-state index in [1.165, 1.54) is 44.1 Å². The highest BCUT2D eigenvalue weighted by molar-refractivity contribution is 5.77. The van der Waals surface area contributed by atoms with Gasteiger partial charge in [-0.1, -0.05) is 65.0 Å². The van der Waals surface area contributed by atoms with Gasteiger partial charge in [0, 0.05) is 12.5 Å². The first kappa shape index (κ1) is 27.4. The molecule has 1 amide bonds. The molecule has 1 aromatic carbocycles. The Morgan fingerprint density at radius 2 is 1.68 bits per heavy atom. The molecule has 2 atom stereocenters. The number of amides is 1. The summed E-state index contributed by atoms with van der Waals surface area (Å²) in [5.41, 5.74) is 7.22. The maximum absolute atomic E-state index is 11.5. The number of aliphatic hydroxyl groups is 1. The largest absolute Gasteiger partial charge is 0.473 e. The number of carbonyl (C=O) groups excluding carboxylic acids is 1. The average Bonchev–Trinajstić information content (AvgIpc) is 2.76. The summed E-state index contributed by atoms with van der Waals surface area (Å²) in [6, 6.07) is 7.89. The molecule has 0 aliphatic carbocycles. The quantitative estimate of drug-likeness (QED) is 0.208. The van der Waals surface area contributed by atoms with E-state index in [-0.39, 0.29) is 11.8 Å². The molecular formula is C25H45N3O3. The molecule has 31 heavy (non-hydrogen) atoms. The van der Waals surface area contributed by atoms with E-state index in [2.05, 4.69) is 17.6 Å². The number of rotatable bonds is 18. The lowest BCUT2D eigenvalue weighted by atomic mass is 10.1. The van der Waals surface area contributed by atoms with Crippen LogP contribution in [0.3, 0.4) is 0 Å². The monoisotopic (exact) mass is 435 g/mol. The van der Waals surface area contributed by atoms with Gasteiger partial charge in [-0.25, -0.2) is 0 Å². The standard InChI is InChI=1S/C25H45N3O3/c1-4-5-6-7-8-9-17-27-19-16-21-12-14-22(15-13-21)31-24(26)23(29)11-10-18-28-25(30)20(2)3/h12-15,20,23-24,27,29H,4-11,16-19,26H2,1-3H3,(H,28,30). The van der Waals surface area contributed by atoms with Crippen molar-refractivity contribution in [2.45, 2.75) is 90.9 Å². The molecule has 1 aromatic rings. The number of ether oxygens (including phenoxy) is 1. The lowest BCUT2D eigenvalue weighted by Gasteiger charge is -2.20. The van der Waals surface area contributed by atoms with Crippen molar-refractivity contribution < 1.29 is 14.6 Å². The lowest BCUT2D eigenvalue weighted by molar-refractivity contribution is -0.124. The molecule has 6 nitrogen and oxygen atoms in total. The van der Waals surface area contributed by atoms with Gasteiger partial charge in [-0.3, -0.25) is 10.5 Å². The van der Waals surface area contributed by atoms with E-state index in [1.807, 2.05) is 38.1 Å². The number of nitrogens with one attached hydrogen (secondary N) is 2. The van der Waals surface area contributed by atoms with E-state index in [4.69, 9.17) is 10.5 Å². The molecule has 0 spiro atoms. The number of benzene rings is 1. The number of unbranched alkanes of at least 4 members (excludes halogenated alkanes) is 5. The van der Waals surface area contributed by atoms with Crippen LogP contribution in [0, 0.1) is 5.92 Å². The fourth-order valence-corrected chi connectivity index (χ4v) is 3.25. The first-order valence-electron chi connectivity index (χ1n) is 12.1. The summed E-state index contributed by atoms with van der Waals surface area (Å²) in [7, 11) is 0. The Hall–Kier alpha value is -1.63. The average molecular weight is 436 g/mol. The van der Waals surface area contributed by atoms with Crippen LogP contribution in [0.5, 0.6) is 5.75 Å². The van der Waals surface area contributed by atoms with Crippen molar-refractivity contribution in [3.8, 4) is 5.75 Å². The summed E-state index contributed by atoms with van der Waals surface area (Å²) < 4.78 is 5.67. The molecular weight excluding hydrogens is 390 g/mol. The molecule has 178 valence electrons. The van der Waals surface area contributed by atoms with Gasteiger partial charge in [0.1, 0.15) is 11.9 Å². The zero-order valence-electron chi connectivity index (χ0n) is 19.9. The molecule has 0 aliphatic heterocycles. The van der Waals surface area contributed by atoms with Crippen LogP contribution in [0.4, 0.5) is 0 Å². The third-order valence-corrected chi connectivity index (χ3v) is 5.37. The van der Waals surface area contributed by atoms with Gasteiger partial charge in [0.05, 0.1) is 0 Å². The third kappa shape index (κ3) is 13.4. The molecule has 2 unspecified atom stereocenters. The molecule has 0 aliphatic rings. The minimum absolute atomic E-state index is 0.0211. The second-order valence-corrected chi connectivity index (χ2v) is 8.65. The molecule has 6 heteroatoms. The number of nitrogens with two attached hydrogens (primary N) is 1. The van der Waals surface area contributed by atoms with Gasteiger partial charge >= 0.3 is 0 Å². The third-order valence-electron chi connectivity index (χ3n) is 5.37. The van der Waals surface area contributed by atoms with Gasteiger partial charge < -0.3 is 20.5 Å². The Labute approximate surface area is 189 Å². The summed E-state index contributed by atoms with van der Waals surface area (Å²) in [5.74, 6) is 0.644. The van der Waals surface area contributed by atoms with Gasteiger partial charge in [-0.15, -0.1) is 0 Å². The SMILES string of the molecule is CCCCCCCCNCCc1ccc(OC(N)C(O)CCCNC(=O)C(C)C)cc1. The zero-order valence-corrected chi connectivity index (χ0v) is 19.9. The van der Waals surface area contributed by atoms with Crippen LogP contribution in [-0.4, -0.2) is 43.0 Å². The van der Waals surface area contributed by atoms with Gasteiger partial charge in [0.2, 0.25) is 5.91 Å². The molecule has 0 saturated carbocycles. The molecule has 1 rings (SSSR count). The van der Waals surface area contributed by atoms with Crippen molar-refractivity contribution in [2.75, 3.05) is 19.6 Å². The molecule has 0 radical (unpaired) electrons. The number of carbonyl (C=O) groups is 1. The highest BCUT2D eigenvalue weighted by Crippen LogP contribution is 2.15. The lowest BCUT2D eigenvalue weighted by Crippen LogP contribution is -2.40. The maximum atomic E-state index is 11.5. The van der Waals surface area contributed by atoms with E-state index in [0.29, 0.717) is 25.1 Å². The minimum Gasteiger partial charge on any atom is -0.473 e. The summed E-state index contributed by atoms with van der Waals surface area (Å²) in [4.78, 5) is 11.5. The molecule has 0 heterocycles. The number of hydrogen-bond donors (Lipinski definition) is 4. The highest BCUT2D eigenvalue weighted by Gasteiger charge is 2.16. The van der Waals surface area contributed by atoms with Crippen molar-refractivity contribution in [3.63, 3.8) is 0 Å². The smallest absolute Gasteiger partial charge is 0.222 e. The predicted molar refractivity (Wildman–Crippen MR) is 128 cm³/mol. The second kappa shape index (κ2) is 17.0. The van der Waals surface area contributed by atoms with Crippen LogP contribution in [0.15, 0.2) is 24.3 Å². The van der Waals surface area contributed by atoms with E-state index < -0.39 is 12.3 Å². The van der Waals surface area contributed by atoms with Gasteiger partial charge in [-0.05, 0) is 56.5 Å². The van der Waals surface area contributed by atoms with Crippen LogP contribution in [0.2, 0.25) is 0 Å². The van der Waals surface area contributed by atoms with Gasteiger partial charge in [-0.2, -0.15) is 0 Å². The minimum atomic E-state index is -0.786. The van der Waals surface area contributed by atoms with Crippen molar-refractivity contribution in [3.05, 3.63) is 29.8 Å². The molecule has 0 bridgehead atoms. The Kier molecular flexibility index (Phi) is 15.0. The molecule has 0 saturated heterocycles. The summed E-state index contributed by atoms with van der Waals surface area (Å²) in [6.07, 6.45) is 8.48. The highest BCUT2D eigenvalue weighted by atomic mass is 16.5. The van der Waals surface area contributed by atoms with Crippen molar-refractivity contribution in [1.29, 1.82) is 0 Å². The Morgan fingerprint density at radius 1 is 1.00 bits per heavy atom. The number of hydrogen-bond acceptors (Lipinski definition) is 5. The fraction of sp³-hybridized carbons (Fsp3) is 0.720. The van der Waals surface area contributed by atoms with E-state index >= 15 is 0 Å². The van der Waals surface area contributed by atoms with Crippen LogP contribution < -0.4 is 21.1 Å². The Balaban J connectivity index is 2.16. The molecule has 5 N–H and O–H groups in total. The fourth-order valence-electron chi connectivity index (χ4n) is 3.25. The summed E-state index contributed by atoms with van der Waals surface area (Å²) >= 11 is 0. The van der Waals surface area contributed by atoms with Crippen LogP contribution in [0.25, 0.3) is 0 Å². The van der Waals surface area contributed by atoms with Crippen LogP contribution in [-0.2, 0) is 11.2 Å². The first-order valence-corrected chi connectivity index (χ1v) is 12.1. The normalized spacial score (nSPS) is 13.2. The van der Waals surface area contributed by atoms with E-state index in [9.17, 15) is 9.90 Å². The van der Waals surface area contributed by atoms with Crippen LogP contribution in [0.1, 0.15) is 77.7 Å². The van der Waals surface area contributed by atoms with E-state index in [0.717, 1.165) is 19.5 Å². The summed E-state index contributed by atoms with van der Waals surface area (Å²) in [5, 5.41) is 16.5. The first-order chi connectivity index (χ1) is 14.9. The summed E-state index contributed by atoms with van der Waals surface area (Å²) in [6.45, 7) is 8.54. The predicted octanol–water partition coefficient (Wildman–Crippen LogP) is 3.76. The van der Waals surface area contributed by atoms with E-state index in [1.54, 1.807) is 0 Å². The maximum Gasteiger partial charge on any atom is 0.222 e.